The summed E-state index contributed by atoms with van der Waals surface area (Å²) >= 11 is 0. The Morgan fingerprint density at radius 1 is 0.727 bits per heavy atom. The molecule has 10 heteroatoms. The molecule has 0 saturated carbocycles. The number of ether oxygens (including phenoxy) is 3. The first-order chi connectivity index (χ1) is 26.6. The second-order valence-corrected chi connectivity index (χ2v) is 15.7. The van der Waals surface area contributed by atoms with Crippen molar-refractivity contribution in [3.63, 3.8) is 0 Å². The van der Waals surface area contributed by atoms with Crippen LogP contribution in [0.25, 0.3) is 0 Å². The van der Waals surface area contributed by atoms with Crippen molar-refractivity contribution in [3.05, 3.63) is 90.0 Å². The summed E-state index contributed by atoms with van der Waals surface area (Å²) in [6, 6.07) is 25.3. The lowest BCUT2D eigenvalue weighted by Gasteiger charge is -2.32. The van der Waals surface area contributed by atoms with Crippen LogP contribution in [0.15, 0.2) is 78.9 Å². The summed E-state index contributed by atoms with van der Waals surface area (Å²) < 4.78 is 17.2. The van der Waals surface area contributed by atoms with Gasteiger partial charge in [0.1, 0.15) is 23.4 Å². The summed E-state index contributed by atoms with van der Waals surface area (Å²) in [5.41, 5.74) is 3.02. The molecule has 1 aliphatic heterocycles. The van der Waals surface area contributed by atoms with Gasteiger partial charge in [-0.3, -0.25) is 0 Å². The van der Waals surface area contributed by atoms with Crippen LogP contribution in [0.5, 0.6) is 17.2 Å². The van der Waals surface area contributed by atoms with Crippen molar-refractivity contribution in [1.82, 2.24) is 15.3 Å². The molecule has 0 aromatic heterocycles. The zero-order chi connectivity index (χ0) is 39.3. The van der Waals surface area contributed by atoms with E-state index in [-0.39, 0.29) is 12.0 Å². The van der Waals surface area contributed by atoms with Crippen molar-refractivity contribution in [2.75, 3.05) is 26.2 Å². The average Bonchev–Trinajstić information content (AvgIpc) is 3.17. The fraction of sp³-hybridized carbons (Fsp3) is 0.533. The van der Waals surface area contributed by atoms with Gasteiger partial charge in [0.05, 0.1) is 6.54 Å². The third kappa shape index (κ3) is 17.1. The highest BCUT2D eigenvalue weighted by atomic mass is 16.8. The molecule has 3 aromatic carbocycles. The highest BCUT2D eigenvalue weighted by molar-refractivity contribution is 5.72. The van der Waals surface area contributed by atoms with Gasteiger partial charge in [0.25, 0.3) is 0 Å². The van der Waals surface area contributed by atoms with E-state index in [0.29, 0.717) is 50.4 Å². The van der Waals surface area contributed by atoms with Gasteiger partial charge in [0.2, 0.25) is 0 Å². The number of piperidine rings is 1. The van der Waals surface area contributed by atoms with E-state index in [2.05, 4.69) is 57.3 Å². The molecule has 1 saturated heterocycles. The van der Waals surface area contributed by atoms with Gasteiger partial charge >= 0.3 is 18.3 Å². The Kier molecular flexibility index (Phi) is 18.2. The Bertz CT molecular complexity index is 1550. The molecule has 1 N–H and O–H groups in total. The normalized spacial score (nSPS) is 13.2. The minimum Gasteiger partial charge on any atom is -0.457 e. The quantitative estimate of drug-likeness (QED) is 0.0958. The summed E-state index contributed by atoms with van der Waals surface area (Å²) in [5, 5.41) is 3.83. The van der Waals surface area contributed by atoms with E-state index < -0.39 is 24.4 Å². The third-order valence-corrected chi connectivity index (χ3v) is 9.51. The van der Waals surface area contributed by atoms with Gasteiger partial charge in [-0.25, -0.2) is 14.4 Å². The number of amides is 3. The Morgan fingerprint density at radius 3 is 2.02 bits per heavy atom. The fourth-order valence-electron chi connectivity index (χ4n) is 6.50. The number of aryl methyl sites for hydroxylation is 1. The predicted molar refractivity (Wildman–Crippen MR) is 216 cm³/mol. The minimum absolute atomic E-state index is 0.248. The Hall–Kier alpha value is -4.73. The van der Waals surface area contributed by atoms with E-state index in [1.54, 1.807) is 29.2 Å². The lowest BCUT2D eigenvalue weighted by molar-refractivity contribution is -0.0956. The van der Waals surface area contributed by atoms with Crippen LogP contribution in [0.3, 0.4) is 0 Å². The summed E-state index contributed by atoms with van der Waals surface area (Å²) in [7, 11) is 0. The van der Waals surface area contributed by atoms with Crippen molar-refractivity contribution in [1.29, 1.82) is 0 Å². The number of unbranched alkanes of at least 4 members (excludes halogenated alkanes) is 8. The smallest absolute Gasteiger partial charge is 0.443 e. The molecule has 0 radical (unpaired) electrons. The van der Waals surface area contributed by atoms with E-state index in [1.807, 2.05) is 30.3 Å². The van der Waals surface area contributed by atoms with Crippen LogP contribution in [0.2, 0.25) is 0 Å². The first kappa shape index (κ1) is 43.0. The number of rotatable bonds is 19. The molecule has 300 valence electrons. The number of para-hydroxylation sites is 1. The van der Waals surface area contributed by atoms with Crippen molar-refractivity contribution in [3.8, 4) is 17.2 Å². The van der Waals surface area contributed by atoms with Crippen molar-refractivity contribution in [2.24, 2.45) is 5.41 Å². The molecule has 3 aromatic rings. The lowest BCUT2D eigenvalue weighted by atomic mass is 9.88. The fourth-order valence-corrected chi connectivity index (χ4v) is 6.50. The van der Waals surface area contributed by atoms with Gasteiger partial charge in [0, 0.05) is 32.5 Å². The lowest BCUT2D eigenvalue weighted by Crippen LogP contribution is -2.45. The van der Waals surface area contributed by atoms with Gasteiger partial charge in [-0.2, -0.15) is 0 Å². The topological polar surface area (TPSA) is 107 Å². The molecule has 1 aliphatic rings. The zero-order valence-electron chi connectivity index (χ0n) is 33.6. The van der Waals surface area contributed by atoms with Gasteiger partial charge in [-0.15, -0.1) is 5.06 Å². The predicted octanol–water partition coefficient (Wildman–Crippen LogP) is 11.3. The number of likely N-dealkylation sites (tertiary alicyclic amines) is 1. The number of nitrogens with one attached hydrogen (secondary N) is 1. The third-order valence-electron chi connectivity index (χ3n) is 9.51. The van der Waals surface area contributed by atoms with Crippen LogP contribution in [0.1, 0.15) is 116 Å². The first-order valence-electron chi connectivity index (χ1n) is 20.4. The average molecular weight is 758 g/mol. The number of carbonyl (C=O) groups excluding carboxylic acids is 3. The molecule has 0 aliphatic carbocycles. The number of nitrogens with zero attached hydrogens (tertiary/aromatic N) is 2. The minimum atomic E-state index is -0.688. The molecular weight excluding hydrogens is 695 g/mol. The van der Waals surface area contributed by atoms with Crippen LogP contribution in [-0.4, -0.2) is 60.5 Å². The Balaban J connectivity index is 1.18. The molecular formula is C45H63N3O7. The van der Waals surface area contributed by atoms with Gasteiger partial charge in [-0.05, 0) is 85.0 Å². The molecule has 10 nitrogen and oxygen atoms in total. The van der Waals surface area contributed by atoms with Crippen LogP contribution < -0.4 is 14.8 Å². The molecule has 55 heavy (non-hydrogen) atoms. The molecule has 0 unspecified atom stereocenters. The highest BCUT2D eigenvalue weighted by Crippen LogP contribution is 2.25. The van der Waals surface area contributed by atoms with Crippen LogP contribution in [0.4, 0.5) is 14.4 Å². The second-order valence-electron chi connectivity index (χ2n) is 15.7. The molecule has 0 spiro atoms. The summed E-state index contributed by atoms with van der Waals surface area (Å²) in [4.78, 5) is 45.9. The van der Waals surface area contributed by atoms with Crippen LogP contribution in [0, 0.1) is 5.41 Å². The van der Waals surface area contributed by atoms with E-state index in [1.165, 1.54) is 17.5 Å². The number of hydrogen-bond donors (Lipinski definition) is 1. The van der Waals surface area contributed by atoms with E-state index in [4.69, 9.17) is 19.0 Å². The standard InChI is InChI=1S/C45H63N3O7/c1-5-6-7-10-16-31-46-42(49)55-48(32-17-11-8-9-13-18-36-21-23-37(24-22-36)35-45(2,3)4)44(51)54-41-29-33-47(34-30-41)43(50)53-40-27-25-39(26-28-40)52-38-19-14-12-15-20-38/h12,14-15,19-28,41H,5-11,13,16-18,29-35H2,1-4H3,(H,46,49). The zero-order valence-corrected chi connectivity index (χ0v) is 33.6. The first-order valence-corrected chi connectivity index (χ1v) is 20.4. The molecule has 0 bridgehead atoms. The largest absolute Gasteiger partial charge is 0.457 e. The van der Waals surface area contributed by atoms with Crippen molar-refractivity contribution >= 4 is 18.3 Å². The molecule has 1 heterocycles. The summed E-state index contributed by atoms with van der Waals surface area (Å²) in [5.74, 6) is 1.76. The van der Waals surface area contributed by atoms with Gasteiger partial charge in [-0.1, -0.05) is 115 Å². The molecule has 4 rings (SSSR count). The SMILES string of the molecule is CCCCCCCNC(=O)ON(CCCCCCCc1ccc(CC(C)(C)C)cc1)C(=O)OC1CCN(C(=O)Oc2ccc(Oc3ccccc3)cc2)CC1. The van der Waals surface area contributed by atoms with Crippen molar-refractivity contribution < 1.29 is 33.4 Å². The summed E-state index contributed by atoms with van der Waals surface area (Å²) in [6.07, 6.45) is 10.9. The van der Waals surface area contributed by atoms with E-state index in [0.717, 1.165) is 75.0 Å². The van der Waals surface area contributed by atoms with Crippen LogP contribution in [-0.2, 0) is 22.4 Å². The van der Waals surface area contributed by atoms with Crippen LogP contribution >= 0.6 is 0 Å². The Morgan fingerprint density at radius 2 is 1.33 bits per heavy atom. The molecule has 1 fully saturated rings. The number of benzene rings is 3. The monoisotopic (exact) mass is 757 g/mol. The maximum Gasteiger partial charge on any atom is 0.443 e. The number of carbonyl (C=O) groups is 3. The number of hydroxylamine groups is 2. The van der Waals surface area contributed by atoms with Gasteiger partial charge < -0.3 is 29.3 Å². The summed E-state index contributed by atoms with van der Waals surface area (Å²) in [6.45, 7) is 10.4. The van der Waals surface area contributed by atoms with Gasteiger partial charge in [0.15, 0.2) is 0 Å². The van der Waals surface area contributed by atoms with Crippen molar-refractivity contribution in [2.45, 2.75) is 124 Å². The maximum absolute atomic E-state index is 13.3. The molecule has 3 amide bonds. The Labute approximate surface area is 328 Å². The highest BCUT2D eigenvalue weighted by Gasteiger charge is 2.29. The van der Waals surface area contributed by atoms with E-state index >= 15 is 0 Å². The second kappa shape index (κ2) is 23.2. The van der Waals surface area contributed by atoms with E-state index in [9.17, 15) is 14.4 Å². The molecule has 0 atom stereocenters. The maximum atomic E-state index is 13.3. The number of hydrogen-bond acceptors (Lipinski definition) is 7.